The third-order valence-corrected chi connectivity index (χ3v) is 2.30. The summed E-state index contributed by atoms with van der Waals surface area (Å²) in [7, 11) is 0. The molecule has 1 heterocycles. The molecule has 0 radical (unpaired) electrons. The van der Waals surface area contributed by atoms with Crippen LogP contribution in [-0.2, 0) is 24.0 Å². The first kappa shape index (κ1) is 13.5. The van der Waals surface area contributed by atoms with Crippen molar-refractivity contribution in [1.82, 2.24) is 5.06 Å². The summed E-state index contributed by atoms with van der Waals surface area (Å²) in [5, 5.41) is 9.25. The summed E-state index contributed by atoms with van der Waals surface area (Å²) in [5.41, 5.74) is 0. The Bertz CT molecular complexity index is 324. The van der Waals surface area contributed by atoms with Crippen molar-refractivity contribution in [2.24, 2.45) is 0 Å². The summed E-state index contributed by atoms with van der Waals surface area (Å²) in [6.07, 6.45) is -0.378. The van der Waals surface area contributed by atoms with E-state index in [1.807, 2.05) is 0 Å². The Hall–Kier alpha value is -1.60. The van der Waals surface area contributed by atoms with Crippen LogP contribution in [0.4, 0.5) is 0 Å². The van der Waals surface area contributed by atoms with Crippen LogP contribution >= 0.6 is 0 Å². The molecule has 0 aromatic carbocycles. The van der Waals surface area contributed by atoms with Gasteiger partial charge in [-0.1, -0.05) is 0 Å². The molecule has 1 N–H and O–H groups in total. The van der Waals surface area contributed by atoms with E-state index in [0.717, 1.165) is 0 Å². The average molecular weight is 243 g/mol. The standard InChI is InChI=1S/C10H13NO6/c12-5-1-2-8(7(14)6-13)17-11-9(15)3-4-10(11)16/h5,8,13H,1-4,6H2. The summed E-state index contributed by atoms with van der Waals surface area (Å²) >= 11 is 0. The number of aldehydes is 1. The van der Waals surface area contributed by atoms with Gasteiger partial charge in [0.15, 0.2) is 5.78 Å². The molecule has 1 aliphatic heterocycles. The zero-order valence-corrected chi connectivity index (χ0v) is 9.13. The number of Topliss-reactive ketones (excluding diaryl/α,β-unsaturated/α-hetero) is 1. The van der Waals surface area contributed by atoms with E-state index in [-0.39, 0.29) is 25.7 Å². The molecule has 0 bridgehead atoms. The second-order valence-electron chi connectivity index (χ2n) is 3.54. The number of ketones is 1. The van der Waals surface area contributed by atoms with Gasteiger partial charge in [-0.2, -0.15) is 5.06 Å². The van der Waals surface area contributed by atoms with Gasteiger partial charge >= 0.3 is 0 Å². The molecule has 2 amide bonds. The van der Waals surface area contributed by atoms with E-state index in [2.05, 4.69) is 0 Å². The molecule has 1 fully saturated rings. The number of carbonyl (C=O) groups excluding carboxylic acids is 4. The first-order chi connectivity index (χ1) is 8.10. The van der Waals surface area contributed by atoms with Crippen molar-refractivity contribution in [2.45, 2.75) is 31.8 Å². The number of hydroxylamine groups is 2. The highest BCUT2D eigenvalue weighted by atomic mass is 16.7. The number of hydrogen-bond donors (Lipinski definition) is 1. The third-order valence-electron chi connectivity index (χ3n) is 2.30. The van der Waals surface area contributed by atoms with Crippen molar-refractivity contribution >= 4 is 23.9 Å². The Kier molecular flexibility index (Phi) is 4.92. The maximum atomic E-state index is 11.3. The van der Waals surface area contributed by atoms with E-state index in [9.17, 15) is 19.2 Å². The largest absolute Gasteiger partial charge is 0.388 e. The summed E-state index contributed by atoms with van der Waals surface area (Å²) in [6, 6.07) is 0. The van der Waals surface area contributed by atoms with Crippen LogP contribution in [0.15, 0.2) is 0 Å². The smallest absolute Gasteiger partial charge is 0.254 e. The van der Waals surface area contributed by atoms with Crippen LogP contribution in [0.3, 0.4) is 0 Å². The van der Waals surface area contributed by atoms with E-state index >= 15 is 0 Å². The lowest BCUT2D eigenvalue weighted by molar-refractivity contribution is -0.204. The van der Waals surface area contributed by atoms with Crippen LogP contribution in [0.5, 0.6) is 0 Å². The number of aliphatic hydroxyl groups is 1. The van der Waals surface area contributed by atoms with Crippen LogP contribution in [0.25, 0.3) is 0 Å². The van der Waals surface area contributed by atoms with Crippen molar-refractivity contribution in [2.75, 3.05) is 6.61 Å². The number of amides is 2. The van der Waals surface area contributed by atoms with Crippen molar-refractivity contribution in [1.29, 1.82) is 0 Å². The molecule has 1 aliphatic rings. The van der Waals surface area contributed by atoms with Crippen LogP contribution < -0.4 is 0 Å². The number of imide groups is 1. The van der Waals surface area contributed by atoms with Gasteiger partial charge in [0.2, 0.25) is 0 Å². The van der Waals surface area contributed by atoms with E-state index in [0.29, 0.717) is 11.3 Å². The fourth-order valence-electron chi connectivity index (χ4n) is 1.39. The Morgan fingerprint density at radius 3 is 2.47 bits per heavy atom. The minimum atomic E-state index is -1.14. The van der Waals surface area contributed by atoms with Gasteiger partial charge in [0.25, 0.3) is 11.8 Å². The molecule has 94 valence electrons. The lowest BCUT2D eigenvalue weighted by Crippen LogP contribution is -2.38. The molecule has 7 heteroatoms. The van der Waals surface area contributed by atoms with Gasteiger partial charge in [-0.25, -0.2) is 0 Å². The summed E-state index contributed by atoms with van der Waals surface area (Å²) < 4.78 is 0. The van der Waals surface area contributed by atoms with Gasteiger partial charge in [-0.15, -0.1) is 0 Å². The van der Waals surface area contributed by atoms with E-state index < -0.39 is 30.3 Å². The fraction of sp³-hybridized carbons (Fsp3) is 0.600. The van der Waals surface area contributed by atoms with Crippen LogP contribution in [-0.4, -0.2) is 46.8 Å². The number of carbonyl (C=O) groups is 4. The molecule has 7 nitrogen and oxygen atoms in total. The highest BCUT2D eigenvalue weighted by Crippen LogP contribution is 2.15. The molecule has 0 aliphatic carbocycles. The molecule has 0 saturated carbocycles. The average Bonchev–Trinajstić information content (AvgIpc) is 2.64. The summed E-state index contributed by atoms with van der Waals surface area (Å²) in [4.78, 5) is 48.9. The molecule has 0 aromatic rings. The quantitative estimate of drug-likeness (QED) is 0.453. The molecule has 17 heavy (non-hydrogen) atoms. The Morgan fingerprint density at radius 1 is 1.41 bits per heavy atom. The maximum Gasteiger partial charge on any atom is 0.254 e. The predicted octanol–water partition coefficient (Wildman–Crippen LogP) is -1.02. The van der Waals surface area contributed by atoms with Crippen molar-refractivity contribution < 1.29 is 29.1 Å². The number of aliphatic hydroxyl groups excluding tert-OH is 1. The van der Waals surface area contributed by atoms with E-state index in [1.165, 1.54) is 0 Å². The maximum absolute atomic E-state index is 11.3. The third kappa shape index (κ3) is 3.43. The highest BCUT2D eigenvalue weighted by Gasteiger charge is 2.34. The second-order valence-corrected chi connectivity index (χ2v) is 3.54. The molecule has 0 spiro atoms. The van der Waals surface area contributed by atoms with Crippen molar-refractivity contribution in [3.63, 3.8) is 0 Å². The number of hydrogen-bond acceptors (Lipinski definition) is 6. The monoisotopic (exact) mass is 243 g/mol. The highest BCUT2D eigenvalue weighted by molar-refractivity contribution is 6.00. The van der Waals surface area contributed by atoms with Gasteiger partial charge in [-0.05, 0) is 6.42 Å². The van der Waals surface area contributed by atoms with Crippen LogP contribution in [0.2, 0.25) is 0 Å². The SMILES string of the molecule is O=CCCC(ON1C(=O)CCC1=O)C(=O)CO. The normalized spacial score (nSPS) is 17.4. The topological polar surface area (TPSA) is 101 Å². The summed E-state index contributed by atoms with van der Waals surface area (Å²) in [5.74, 6) is -1.70. The van der Waals surface area contributed by atoms with Gasteiger partial charge in [-0.3, -0.25) is 19.2 Å². The molecular formula is C10H13NO6. The van der Waals surface area contributed by atoms with Crippen molar-refractivity contribution in [3.8, 4) is 0 Å². The second kappa shape index (κ2) is 6.21. The molecule has 1 atom stereocenters. The molecule has 1 rings (SSSR count). The minimum Gasteiger partial charge on any atom is -0.388 e. The Balaban J connectivity index is 2.64. The van der Waals surface area contributed by atoms with Gasteiger partial charge < -0.3 is 9.90 Å². The lowest BCUT2D eigenvalue weighted by atomic mass is 10.1. The molecule has 1 unspecified atom stereocenters. The first-order valence-electron chi connectivity index (χ1n) is 5.20. The van der Waals surface area contributed by atoms with Crippen LogP contribution in [0.1, 0.15) is 25.7 Å². The molecular weight excluding hydrogens is 230 g/mol. The molecule has 0 aromatic heterocycles. The van der Waals surface area contributed by atoms with Gasteiger partial charge in [0.05, 0.1) is 0 Å². The molecule has 1 saturated heterocycles. The predicted molar refractivity (Wildman–Crippen MR) is 53.4 cm³/mol. The van der Waals surface area contributed by atoms with E-state index in [1.54, 1.807) is 0 Å². The van der Waals surface area contributed by atoms with Crippen molar-refractivity contribution in [3.05, 3.63) is 0 Å². The first-order valence-corrected chi connectivity index (χ1v) is 5.20. The lowest BCUT2D eigenvalue weighted by Gasteiger charge is -2.20. The van der Waals surface area contributed by atoms with Gasteiger partial charge in [0, 0.05) is 19.3 Å². The van der Waals surface area contributed by atoms with Gasteiger partial charge in [0.1, 0.15) is 19.0 Å². The van der Waals surface area contributed by atoms with Crippen LogP contribution in [0, 0.1) is 0 Å². The summed E-state index contributed by atoms with van der Waals surface area (Å²) in [6.45, 7) is -0.764. The minimum absolute atomic E-state index is 0.0277. The zero-order chi connectivity index (χ0) is 12.8. The zero-order valence-electron chi connectivity index (χ0n) is 9.13. The number of nitrogens with zero attached hydrogens (tertiary/aromatic N) is 1. The Labute approximate surface area is 97.3 Å². The Morgan fingerprint density at radius 2 is 2.00 bits per heavy atom. The number of rotatable bonds is 7. The fourth-order valence-corrected chi connectivity index (χ4v) is 1.39. The van der Waals surface area contributed by atoms with E-state index in [4.69, 9.17) is 9.94 Å².